The van der Waals surface area contributed by atoms with Crippen molar-refractivity contribution in [2.45, 2.75) is 88.4 Å². The average molecular weight is 867 g/mol. The van der Waals surface area contributed by atoms with Gasteiger partial charge < -0.3 is 41.7 Å². The zero-order valence-corrected chi connectivity index (χ0v) is 36.1. The number of likely N-dealkylation sites (tertiary alicyclic amines) is 2. The Kier molecular flexibility index (Phi) is 14.2. The summed E-state index contributed by atoms with van der Waals surface area (Å²) in [4.78, 5) is 83.6. The van der Waals surface area contributed by atoms with Crippen molar-refractivity contribution in [1.82, 2.24) is 31.1 Å². The fraction of sp³-hybridized carbons (Fsp3) is 0.400. The first-order valence-electron chi connectivity index (χ1n) is 22.8. The van der Waals surface area contributed by atoms with E-state index < -0.39 is 23.9 Å². The summed E-state index contributed by atoms with van der Waals surface area (Å²) in [6.45, 7) is 1.33. The largest absolute Gasteiger partial charge is 0.340 e. The van der Waals surface area contributed by atoms with Gasteiger partial charge in [0.25, 0.3) is 0 Å². The molecule has 0 aromatic heterocycles. The fourth-order valence-corrected chi connectivity index (χ4v) is 9.42. The van der Waals surface area contributed by atoms with Crippen molar-refractivity contribution >= 4 is 47.1 Å². The predicted molar refractivity (Wildman–Crippen MR) is 245 cm³/mol. The first kappa shape index (κ1) is 43.9. The van der Waals surface area contributed by atoms with Gasteiger partial charge in [0.1, 0.15) is 12.1 Å². The Hall–Kier alpha value is -6.70. The molecule has 14 nitrogen and oxygen atoms in total. The van der Waals surface area contributed by atoms with Gasteiger partial charge in [-0.1, -0.05) is 111 Å². The van der Waals surface area contributed by atoms with E-state index in [1.54, 1.807) is 9.80 Å². The van der Waals surface area contributed by atoms with Crippen molar-refractivity contribution < 1.29 is 28.8 Å². The highest BCUT2D eigenvalue weighted by Crippen LogP contribution is 2.28. The van der Waals surface area contributed by atoms with E-state index in [1.165, 1.54) is 0 Å². The number of rotatable bonds is 13. The number of anilines is 2. The quantitative estimate of drug-likeness (QED) is 0.0851. The third kappa shape index (κ3) is 11.1. The summed E-state index contributed by atoms with van der Waals surface area (Å²) in [6, 6.07) is 31.2. The van der Waals surface area contributed by atoms with Gasteiger partial charge in [-0.25, -0.2) is 9.59 Å². The number of carbonyl (C=O) groups excluding carboxylic acids is 6. The van der Waals surface area contributed by atoms with Crippen molar-refractivity contribution in [3.05, 3.63) is 120 Å². The normalized spacial score (nSPS) is 19.7. The van der Waals surface area contributed by atoms with Gasteiger partial charge in [-0.05, 0) is 85.0 Å². The highest BCUT2D eigenvalue weighted by Gasteiger charge is 2.37. The van der Waals surface area contributed by atoms with Crippen molar-refractivity contribution in [3.63, 3.8) is 0 Å². The van der Waals surface area contributed by atoms with Gasteiger partial charge in [0, 0.05) is 49.6 Å². The first-order chi connectivity index (χ1) is 31.2. The van der Waals surface area contributed by atoms with Crippen LogP contribution in [0.2, 0.25) is 0 Å². The average Bonchev–Trinajstić information content (AvgIpc) is 4.18. The number of nitrogens with one attached hydrogen (secondary N) is 6. The van der Waals surface area contributed by atoms with Crippen molar-refractivity contribution in [3.8, 4) is 11.1 Å². The van der Waals surface area contributed by atoms with E-state index in [9.17, 15) is 28.8 Å². The van der Waals surface area contributed by atoms with Gasteiger partial charge in [0.15, 0.2) is 0 Å². The molecule has 0 bridgehead atoms. The van der Waals surface area contributed by atoms with E-state index in [0.717, 1.165) is 62.5 Å². The van der Waals surface area contributed by atoms with Gasteiger partial charge in [0.2, 0.25) is 23.6 Å². The second-order valence-electron chi connectivity index (χ2n) is 17.6. The molecular formula is C50H58N8O6. The lowest BCUT2D eigenvalue weighted by atomic mass is 10.0. The molecule has 2 saturated heterocycles. The number of benzene rings is 4. The second kappa shape index (κ2) is 20.7. The second-order valence-corrected chi connectivity index (χ2v) is 17.6. The van der Waals surface area contributed by atoms with Gasteiger partial charge >= 0.3 is 12.1 Å². The van der Waals surface area contributed by atoms with E-state index in [4.69, 9.17) is 0 Å². The monoisotopic (exact) mass is 866 g/mol. The molecule has 64 heavy (non-hydrogen) atoms. The van der Waals surface area contributed by atoms with Crippen molar-refractivity contribution in [1.29, 1.82) is 0 Å². The maximum Gasteiger partial charge on any atom is 0.315 e. The lowest BCUT2D eigenvalue weighted by Crippen LogP contribution is -2.47. The Bertz CT molecular complexity index is 2100. The zero-order valence-electron chi connectivity index (χ0n) is 36.1. The lowest BCUT2D eigenvalue weighted by molar-refractivity contribution is -0.133. The molecular weight excluding hydrogens is 809 g/mol. The zero-order chi connectivity index (χ0) is 44.4. The number of hydrogen-bond acceptors (Lipinski definition) is 6. The summed E-state index contributed by atoms with van der Waals surface area (Å²) < 4.78 is 0. The molecule has 4 aromatic carbocycles. The number of nitrogens with zero attached hydrogens (tertiary/aromatic N) is 2. The van der Waals surface area contributed by atoms with E-state index in [1.807, 2.05) is 109 Å². The molecule has 2 aliphatic carbocycles. The van der Waals surface area contributed by atoms with Crippen LogP contribution in [-0.2, 0) is 19.2 Å². The molecule has 8 amide bonds. The van der Waals surface area contributed by atoms with E-state index in [2.05, 4.69) is 31.9 Å². The minimum absolute atomic E-state index is 0.115. The summed E-state index contributed by atoms with van der Waals surface area (Å²) in [5.74, 6) is -1.61. The van der Waals surface area contributed by atoms with E-state index in [-0.39, 0.29) is 60.9 Å². The number of urea groups is 2. The minimum Gasteiger partial charge on any atom is -0.340 e. The molecule has 2 heterocycles. The van der Waals surface area contributed by atoms with Crippen LogP contribution in [0.3, 0.4) is 0 Å². The molecule has 0 spiro atoms. The molecule has 8 rings (SSSR count). The molecule has 4 fully saturated rings. The van der Waals surface area contributed by atoms with Crippen LogP contribution in [0.1, 0.15) is 87.4 Å². The van der Waals surface area contributed by atoms with Gasteiger partial charge in [-0.3, -0.25) is 19.2 Å². The number of carbonyl (C=O) groups is 6. The van der Waals surface area contributed by atoms with Gasteiger partial charge in [-0.2, -0.15) is 0 Å². The molecule has 0 radical (unpaired) electrons. The summed E-state index contributed by atoms with van der Waals surface area (Å²) in [6.07, 6.45) is 9.10. The maximum atomic E-state index is 13.8. The predicted octanol–water partition coefficient (Wildman–Crippen LogP) is 6.89. The van der Waals surface area contributed by atoms with E-state index >= 15 is 0 Å². The Balaban J connectivity index is 0.808. The summed E-state index contributed by atoms with van der Waals surface area (Å²) in [7, 11) is 0. The molecule has 0 unspecified atom stereocenters. The van der Waals surface area contributed by atoms with Crippen LogP contribution in [0, 0.1) is 11.8 Å². The SMILES string of the molecule is O=C(NC1CCCC1)N[C@H](C(=O)N1CC[C@H](C(=O)Nc2ccc(-c3ccc(NC(=O)[C@@H]4CCN(C(=O)[C@H](NC(=O)NC5CCCC5)c5ccccc5)C4)cc3)cc2)C1)c1ccccc1. The van der Waals surface area contributed by atoms with Crippen LogP contribution >= 0.6 is 0 Å². The number of hydrogen-bond donors (Lipinski definition) is 6. The highest BCUT2D eigenvalue weighted by molar-refractivity contribution is 5.96. The smallest absolute Gasteiger partial charge is 0.315 e. The third-order valence-electron chi connectivity index (χ3n) is 13.1. The Labute approximate surface area is 374 Å². The van der Waals surface area contributed by atoms with Crippen LogP contribution in [0.15, 0.2) is 109 Å². The molecule has 4 aromatic rings. The van der Waals surface area contributed by atoms with Crippen LogP contribution in [-0.4, -0.2) is 83.8 Å². The van der Waals surface area contributed by atoms with Crippen LogP contribution in [0.25, 0.3) is 11.1 Å². The summed E-state index contributed by atoms with van der Waals surface area (Å²) in [5.41, 5.74) is 4.50. The molecule has 4 aliphatic rings. The van der Waals surface area contributed by atoms with Gasteiger partial charge in [0.05, 0.1) is 11.8 Å². The Morgan fingerprint density at radius 3 is 1.17 bits per heavy atom. The lowest BCUT2D eigenvalue weighted by Gasteiger charge is -2.25. The minimum atomic E-state index is -0.859. The standard InChI is InChI=1S/C50H58N8O6/c59-45(37-27-29-57(31-37)47(61)43(35-11-3-1-4-12-35)55-49(63)53-39-15-7-8-16-39)51-41-23-19-33(20-24-41)34-21-25-42(26-22-34)52-46(60)38-28-30-58(32-38)48(62)44(36-13-5-2-6-14-36)56-50(64)54-40-17-9-10-18-40/h1-6,11-14,19-26,37-40,43-44H,7-10,15-18,27-32H2,(H,51,59)(H,52,60)(H2,53,55,63)(H2,54,56,64)/t37-,38+,43-,44+. The Morgan fingerprint density at radius 2 is 0.812 bits per heavy atom. The van der Waals surface area contributed by atoms with Crippen LogP contribution in [0.5, 0.6) is 0 Å². The molecule has 14 heteroatoms. The van der Waals surface area contributed by atoms with Crippen molar-refractivity contribution in [2.75, 3.05) is 36.8 Å². The Morgan fingerprint density at radius 1 is 0.453 bits per heavy atom. The molecule has 334 valence electrons. The van der Waals surface area contributed by atoms with Crippen molar-refractivity contribution in [2.24, 2.45) is 11.8 Å². The first-order valence-corrected chi connectivity index (χ1v) is 22.8. The topological polar surface area (TPSA) is 181 Å². The molecule has 6 N–H and O–H groups in total. The fourth-order valence-electron chi connectivity index (χ4n) is 9.42. The van der Waals surface area contributed by atoms with E-state index in [0.29, 0.717) is 48.4 Å². The molecule has 2 aliphatic heterocycles. The molecule has 4 atom stereocenters. The molecule has 2 saturated carbocycles. The van der Waals surface area contributed by atoms with Crippen LogP contribution in [0.4, 0.5) is 21.0 Å². The summed E-state index contributed by atoms with van der Waals surface area (Å²) in [5, 5.41) is 17.8. The third-order valence-corrected chi connectivity index (χ3v) is 13.1. The van der Waals surface area contributed by atoms with Crippen LogP contribution < -0.4 is 31.9 Å². The highest BCUT2D eigenvalue weighted by atomic mass is 16.2. The van der Waals surface area contributed by atoms with Gasteiger partial charge in [-0.15, -0.1) is 0 Å². The number of amides is 8. The summed E-state index contributed by atoms with van der Waals surface area (Å²) >= 11 is 0. The maximum absolute atomic E-state index is 13.8.